The molecule has 1 aromatic carbocycles. The number of ether oxygens (including phenoxy) is 2. The summed E-state index contributed by atoms with van der Waals surface area (Å²) in [6.45, 7) is 5.73. The van der Waals surface area contributed by atoms with Crippen LogP contribution in [0.25, 0.3) is 0 Å². The maximum absolute atomic E-state index is 12.5. The van der Waals surface area contributed by atoms with Gasteiger partial charge >= 0.3 is 6.03 Å². The second kappa shape index (κ2) is 8.98. The van der Waals surface area contributed by atoms with E-state index in [1.54, 1.807) is 19.2 Å². The lowest BCUT2D eigenvalue weighted by Crippen LogP contribution is -2.43. The van der Waals surface area contributed by atoms with E-state index in [2.05, 4.69) is 15.3 Å². The van der Waals surface area contributed by atoms with Crippen molar-refractivity contribution in [1.82, 2.24) is 15.3 Å². The summed E-state index contributed by atoms with van der Waals surface area (Å²) in [5.74, 6) is 1.29. The van der Waals surface area contributed by atoms with Crippen LogP contribution in [0.4, 0.5) is 10.6 Å². The maximum atomic E-state index is 12.5. The number of nitrogens with zero attached hydrogens (tertiary/aromatic N) is 3. The number of hydrogen-bond acceptors (Lipinski definition) is 6. The van der Waals surface area contributed by atoms with Crippen molar-refractivity contribution in [2.45, 2.75) is 27.2 Å². The molecule has 0 aliphatic carbocycles. The molecule has 8 heteroatoms. The molecular weight excluding hydrogens is 348 g/mol. The van der Waals surface area contributed by atoms with Gasteiger partial charge in [-0.1, -0.05) is 19.9 Å². The largest absolute Gasteiger partial charge is 0.496 e. The molecule has 2 aromatic rings. The average molecular weight is 372 g/mol. The number of benzene rings is 1. The van der Waals surface area contributed by atoms with Crippen molar-refractivity contribution in [3.05, 3.63) is 36.2 Å². The van der Waals surface area contributed by atoms with E-state index in [-0.39, 0.29) is 29.9 Å². The lowest BCUT2D eigenvalue weighted by molar-refractivity contribution is -0.118. The molecule has 0 fully saturated rings. The van der Waals surface area contributed by atoms with Gasteiger partial charge in [-0.2, -0.15) is 0 Å². The Hall–Kier alpha value is -3.16. The van der Waals surface area contributed by atoms with Crippen molar-refractivity contribution in [3.63, 3.8) is 0 Å². The molecule has 1 heterocycles. The molecule has 0 radical (unpaired) electrons. The minimum atomic E-state index is -0.567. The first-order valence-electron chi connectivity index (χ1n) is 8.55. The Kier molecular flexibility index (Phi) is 6.70. The fraction of sp³-hybridized carbons (Fsp3) is 0.368. The summed E-state index contributed by atoms with van der Waals surface area (Å²) >= 11 is 0. The number of carbonyl (C=O) groups excluding carboxylic acids is 2. The molecule has 1 N–H and O–H groups in total. The molecule has 1 aromatic heterocycles. The minimum absolute atomic E-state index is 0.0993. The van der Waals surface area contributed by atoms with Gasteiger partial charge in [0.15, 0.2) is 5.82 Å². The van der Waals surface area contributed by atoms with Gasteiger partial charge in [-0.25, -0.2) is 19.7 Å². The predicted molar refractivity (Wildman–Crippen MR) is 101 cm³/mol. The van der Waals surface area contributed by atoms with E-state index in [4.69, 9.17) is 9.47 Å². The highest BCUT2D eigenvalue weighted by atomic mass is 16.5. The summed E-state index contributed by atoms with van der Waals surface area (Å²) in [5.41, 5.74) is 0.971. The van der Waals surface area contributed by atoms with Crippen molar-refractivity contribution < 1.29 is 19.1 Å². The van der Waals surface area contributed by atoms with Crippen LogP contribution in [0, 0.1) is 12.8 Å². The van der Waals surface area contributed by atoms with Gasteiger partial charge < -0.3 is 14.8 Å². The fourth-order valence-electron chi connectivity index (χ4n) is 2.39. The van der Waals surface area contributed by atoms with Gasteiger partial charge in [0.1, 0.15) is 17.8 Å². The molecule has 0 saturated carbocycles. The Morgan fingerprint density at radius 2 is 1.96 bits per heavy atom. The highest BCUT2D eigenvalue weighted by Gasteiger charge is 2.25. The molecule has 0 aliphatic rings. The number of amides is 3. The molecule has 0 unspecified atom stereocenters. The quantitative estimate of drug-likeness (QED) is 0.836. The Morgan fingerprint density at radius 1 is 1.22 bits per heavy atom. The average Bonchev–Trinajstić information content (AvgIpc) is 2.63. The molecular formula is C19H24N4O4. The van der Waals surface area contributed by atoms with Crippen LogP contribution in [0.15, 0.2) is 30.6 Å². The molecule has 27 heavy (non-hydrogen) atoms. The van der Waals surface area contributed by atoms with Gasteiger partial charge in [-0.15, -0.1) is 0 Å². The number of methoxy groups -OCH3 is 1. The second-order valence-corrected chi connectivity index (χ2v) is 6.33. The normalized spacial score (nSPS) is 10.4. The molecule has 144 valence electrons. The summed E-state index contributed by atoms with van der Waals surface area (Å²) in [4.78, 5) is 33.8. The lowest BCUT2D eigenvalue weighted by atomic mass is 10.1. The predicted octanol–water partition coefficient (Wildman–Crippen LogP) is 3.30. The zero-order valence-electron chi connectivity index (χ0n) is 16.1. The van der Waals surface area contributed by atoms with Gasteiger partial charge in [0, 0.05) is 25.6 Å². The van der Waals surface area contributed by atoms with E-state index in [1.165, 1.54) is 19.4 Å². The summed E-state index contributed by atoms with van der Waals surface area (Å²) in [7, 11) is 3.03. The third-order valence-corrected chi connectivity index (χ3v) is 3.71. The topological polar surface area (TPSA) is 93.7 Å². The summed E-state index contributed by atoms with van der Waals surface area (Å²) in [5, 5.41) is 2.46. The number of aromatic nitrogens is 2. The van der Waals surface area contributed by atoms with Crippen molar-refractivity contribution in [3.8, 4) is 17.4 Å². The van der Waals surface area contributed by atoms with Crippen LogP contribution in [0.1, 0.15) is 25.8 Å². The SMILES string of the molecule is CNC(=O)N(C(=O)CC(C)C)c1cc(Oc2ccc(C)c(OC)c2)ncn1. The number of hydrogen-bond donors (Lipinski definition) is 1. The van der Waals surface area contributed by atoms with Gasteiger partial charge in [0.25, 0.3) is 0 Å². The van der Waals surface area contributed by atoms with E-state index in [9.17, 15) is 9.59 Å². The molecule has 0 saturated heterocycles. The van der Waals surface area contributed by atoms with Crippen LogP contribution >= 0.6 is 0 Å². The number of carbonyl (C=O) groups is 2. The van der Waals surface area contributed by atoms with E-state index < -0.39 is 6.03 Å². The Balaban J connectivity index is 2.31. The van der Waals surface area contributed by atoms with Crippen molar-refractivity contribution >= 4 is 17.8 Å². The number of anilines is 1. The van der Waals surface area contributed by atoms with E-state index in [0.29, 0.717) is 11.5 Å². The molecule has 2 rings (SSSR count). The van der Waals surface area contributed by atoms with Crippen LogP contribution in [0.3, 0.4) is 0 Å². The van der Waals surface area contributed by atoms with Crippen LogP contribution < -0.4 is 19.7 Å². The number of nitrogens with one attached hydrogen (secondary N) is 1. The standard InChI is InChI=1S/C19H24N4O4/c1-12(2)8-18(24)23(19(25)20-4)16-10-17(22-11-21-16)27-14-7-6-13(3)15(9-14)26-5/h6-7,9-12H,8H2,1-5H3,(H,20,25). The first-order valence-corrected chi connectivity index (χ1v) is 8.55. The number of rotatable bonds is 6. The number of aryl methyl sites for hydroxylation is 1. The van der Waals surface area contributed by atoms with Gasteiger partial charge in [0.2, 0.25) is 11.8 Å². The van der Waals surface area contributed by atoms with Crippen LogP contribution in [-0.4, -0.2) is 36.1 Å². The zero-order chi connectivity index (χ0) is 20.0. The molecule has 0 bridgehead atoms. The number of urea groups is 1. The molecule has 0 aliphatic heterocycles. The third-order valence-electron chi connectivity index (χ3n) is 3.71. The van der Waals surface area contributed by atoms with Crippen molar-refractivity contribution in [2.24, 2.45) is 5.92 Å². The summed E-state index contributed by atoms with van der Waals surface area (Å²) in [6, 6.07) is 6.25. The van der Waals surface area contributed by atoms with Gasteiger partial charge in [-0.05, 0) is 24.5 Å². The van der Waals surface area contributed by atoms with E-state index in [1.807, 2.05) is 26.8 Å². The monoisotopic (exact) mass is 372 g/mol. The first kappa shape index (κ1) is 20.2. The highest BCUT2D eigenvalue weighted by Crippen LogP contribution is 2.28. The Labute approximate surface area is 158 Å². The van der Waals surface area contributed by atoms with Gasteiger partial charge in [-0.3, -0.25) is 4.79 Å². The molecule has 8 nitrogen and oxygen atoms in total. The van der Waals surface area contributed by atoms with Gasteiger partial charge in [0.05, 0.1) is 7.11 Å². The lowest BCUT2D eigenvalue weighted by Gasteiger charge is -2.20. The van der Waals surface area contributed by atoms with Crippen molar-refractivity contribution in [1.29, 1.82) is 0 Å². The Bertz CT molecular complexity index is 823. The maximum Gasteiger partial charge on any atom is 0.329 e. The van der Waals surface area contributed by atoms with Crippen LogP contribution in [0.5, 0.6) is 17.4 Å². The number of imide groups is 1. The van der Waals surface area contributed by atoms with Crippen LogP contribution in [0.2, 0.25) is 0 Å². The molecule has 0 atom stereocenters. The minimum Gasteiger partial charge on any atom is -0.496 e. The highest BCUT2D eigenvalue weighted by molar-refractivity contribution is 6.13. The first-order chi connectivity index (χ1) is 12.8. The molecule has 3 amide bonds. The van der Waals surface area contributed by atoms with E-state index in [0.717, 1.165) is 10.5 Å². The second-order valence-electron chi connectivity index (χ2n) is 6.33. The van der Waals surface area contributed by atoms with Crippen LogP contribution in [-0.2, 0) is 4.79 Å². The molecule has 0 spiro atoms. The van der Waals surface area contributed by atoms with Crippen molar-refractivity contribution in [2.75, 3.05) is 19.1 Å². The Morgan fingerprint density at radius 3 is 2.59 bits per heavy atom. The summed E-state index contributed by atoms with van der Waals surface area (Å²) in [6.07, 6.45) is 1.46. The smallest absolute Gasteiger partial charge is 0.329 e. The third kappa shape index (κ3) is 5.16. The fourth-order valence-corrected chi connectivity index (χ4v) is 2.39. The zero-order valence-corrected chi connectivity index (χ0v) is 16.1. The van der Waals surface area contributed by atoms with E-state index >= 15 is 0 Å². The summed E-state index contributed by atoms with van der Waals surface area (Å²) < 4.78 is 11.0.